The first-order valence-electron chi connectivity index (χ1n) is 14.6. The molecule has 8 nitrogen and oxygen atoms in total. The average Bonchev–Trinajstić information content (AvgIpc) is 3.75. The van der Waals surface area contributed by atoms with Gasteiger partial charge in [-0.15, -0.1) is 0 Å². The molecule has 2 aromatic rings. The molecule has 0 radical (unpaired) electrons. The Labute approximate surface area is 249 Å². The van der Waals surface area contributed by atoms with E-state index in [1.54, 1.807) is 9.80 Å². The smallest absolute Gasteiger partial charge is 0.410 e. The van der Waals surface area contributed by atoms with E-state index >= 15 is 0 Å². The second-order valence-electron chi connectivity index (χ2n) is 12.3. The molecule has 2 amide bonds. The minimum absolute atomic E-state index is 0. The summed E-state index contributed by atoms with van der Waals surface area (Å²) in [5.74, 6) is 2.08. The van der Waals surface area contributed by atoms with Crippen molar-refractivity contribution in [1.29, 1.82) is 10.5 Å². The molecule has 2 heterocycles. The number of hydrogen-bond donors (Lipinski definition) is 0. The molecular formula is C34H42N4O4. The van der Waals surface area contributed by atoms with Crippen LogP contribution in [0.1, 0.15) is 51.2 Å². The predicted molar refractivity (Wildman–Crippen MR) is 158 cm³/mol. The van der Waals surface area contributed by atoms with E-state index in [1.807, 2.05) is 67.6 Å². The molecule has 6 rings (SSSR count). The number of nitriles is 2. The Morgan fingerprint density at radius 2 is 1.17 bits per heavy atom. The summed E-state index contributed by atoms with van der Waals surface area (Å²) in [5, 5.41) is 18.2. The van der Waals surface area contributed by atoms with Gasteiger partial charge in [0.25, 0.3) is 0 Å². The highest BCUT2D eigenvalue weighted by atomic mass is 16.6. The Morgan fingerprint density at radius 1 is 0.762 bits per heavy atom. The predicted octanol–water partition coefficient (Wildman–Crippen LogP) is 6.64. The number of hydrogen-bond acceptors (Lipinski definition) is 6. The van der Waals surface area contributed by atoms with Crippen LogP contribution in [0.4, 0.5) is 9.59 Å². The lowest BCUT2D eigenvalue weighted by atomic mass is 9.89. The third kappa shape index (κ3) is 7.42. The molecule has 0 aromatic heterocycles. The Bertz CT molecular complexity index is 1260. The molecule has 2 aliphatic carbocycles. The van der Waals surface area contributed by atoms with Crippen LogP contribution < -0.4 is 0 Å². The van der Waals surface area contributed by atoms with Gasteiger partial charge in [0.05, 0.1) is 17.6 Å². The largest absolute Gasteiger partial charge is 0.445 e. The number of carbonyl (C=O) groups is 2. The summed E-state index contributed by atoms with van der Waals surface area (Å²) >= 11 is 0. The number of benzene rings is 2. The van der Waals surface area contributed by atoms with Gasteiger partial charge in [-0.3, -0.25) is 0 Å². The number of fused-ring (bicyclic) bond motifs is 2. The Morgan fingerprint density at radius 3 is 1.55 bits per heavy atom. The fraction of sp³-hybridized carbons (Fsp3) is 0.529. The fourth-order valence-electron chi connectivity index (χ4n) is 7.06. The first kappa shape index (κ1) is 30.9. The van der Waals surface area contributed by atoms with Gasteiger partial charge in [-0.25, -0.2) is 9.59 Å². The highest BCUT2D eigenvalue weighted by Gasteiger charge is 2.48. The highest BCUT2D eigenvalue weighted by molar-refractivity contribution is 5.68. The summed E-state index contributed by atoms with van der Waals surface area (Å²) in [4.78, 5) is 27.8. The molecule has 2 unspecified atom stereocenters. The Balaban J connectivity index is 0.000000189. The Kier molecular flexibility index (Phi) is 10.1. The van der Waals surface area contributed by atoms with Crippen LogP contribution in [0.15, 0.2) is 60.7 Å². The van der Waals surface area contributed by atoms with Crippen LogP contribution in [0.3, 0.4) is 0 Å². The van der Waals surface area contributed by atoms with E-state index in [2.05, 4.69) is 12.1 Å². The van der Waals surface area contributed by atoms with Gasteiger partial charge < -0.3 is 19.3 Å². The molecule has 6 atom stereocenters. The molecule has 222 valence electrons. The van der Waals surface area contributed by atoms with E-state index in [9.17, 15) is 14.9 Å². The van der Waals surface area contributed by atoms with Crippen molar-refractivity contribution in [2.45, 2.75) is 53.2 Å². The van der Waals surface area contributed by atoms with Crippen LogP contribution in [0, 0.1) is 57.7 Å². The van der Waals surface area contributed by atoms with E-state index in [0.29, 0.717) is 36.9 Å². The lowest BCUT2D eigenvalue weighted by molar-refractivity contribution is 0.1000. The lowest BCUT2D eigenvalue weighted by Gasteiger charge is -2.20. The topological polar surface area (TPSA) is 107 Å². The maximum Gasteiger partial charge on any atom is 0.410 e. The molecule has 4 fully saturated rings. The molecule has 42 heavy (non-hydrogen) atoms. The summed E-state index contributed by atoms with van der Waals surface area (Å²) in [5.41, 5.74) is 1.81. The van der Waals surface area contributed by atoms with Gasteiger partial charge in [-0.1, -0.05) is 68.1 Å². The zero-order chi connectivity index (χ0) is 28.8. The van der Waals surface area contributed by atoms with Gasteiger partial charge in [-0.2, -0.15) is 10.5 Å². The number of likely N-dealkylation sites (tertiary alicyclic amines) is 2. The van der Waals surface area contributed by atoms with E-state index in [0.717, 1.165) is 63.0 Å². The third-order valence-electron chi connectivity index (χ3n) is 9.13. The van der Waals surface area contributed by atoms with Gasteiger partial charge in [0.2, 0.25) is 0 Å². The van der Waals surface area contributed by atoms with Crippen LogP contribution in [0.25, 0.3) is 0 Å². The highest BCUT2D eigenvalue weighted by Crippen LogP contribution is 2.48. The van der Waals surface area contributed by atoms with Crippen molar-refractivity contribution in [3.05, 3.63) is 71.8 Å². The van der Waals surface area contributed by atoms with Crippen molar-refractivity contribution in [1.82, 2.24) is 9.80 Å². The van der Waals surface area contributed by atoms with Crippen molar-refractivity contribution in [2.24, 2.45) is 35.0 Å². The van der Waals surface area contributed by atoms with Crippen molar-refractivity contribution in [2.75, 3.05) is 26.2 Å². The van der Waals surface area contributed by atoms with Crippen LogP contribution in [0.2, 0.25) is 0 Å². The monoisotopic (exact) mass is 570 g/mol. The summed E-state index contributed by atoms with van der Waals surface area (Å²) in [6.07, 6.45) is 3.21. The van der Waals surface area contributed by atoms with Crippen molar-refractivity contribution >= 4 is 12.2 Å². The molecule has 2 aliphatic heterocycles. The minimum Gasteiger partial charge on any atom is -0.445 e. The van der Waals surface area contributed by atoms with Crippen molar-refractivity contribution < 1.29 is 19.1 Å². The van der Waals surface area contributed by atoms with E-state index < -0.39 is 0 Å². The summed E-state index contributed by atoms with van der Waals surface area (Å²) in [6.45, 7) is 5.63. The standard InChI is InChI=1S/C17H20N2O2.C16H18N2O2.CH4/c1-17(12-18)7-14-9-19(10-15(14)8-17)16(20)21-11-13-5-3-2-4-6-13;17-8-13-6-14-9-18(10-15(14)7-13)16(19)20-11-12-4-2-1-3-5-12;/h2-6,14-15H,7-11H2,1H3;1-5,13-15H,6-7,9-11H2;1H4/t14-,15+,17?;13?,14-,15+;. The number of rotatable bonds is 4. The number of carbonyl (C=O) groups excluding carboxylic acids is 2. The van der Waals surface area contributed by atoms with E-state index in [-0.39, 0.29) is 30.9 Å². The van der Waals surface area contributed by atoms with E-state index in [4.69, 9.17) is 14.7 Å². The first-order valence-corrected chi connectivity index (χ1v) is 14.6. The molecule has 0 spiro atoms. The maximum atomic E-state index is 12.1. The molecule has 0 N–H and O–H groups in total. The first-order chi connectivity index (χ1) is 19.9. The molecular weight excluding hydrogens is 528 g/mol. The van der Waals surface area contributed by atoms with Crippen LogP contribution in [0.5, 0.6) is 0 Å². The van der Waals surface area contributed by atoms with Gasteiger partial charge >= 0.3 is 12.2 Å². The number of amides is 2. The van der Waals surface area contributed by atoms with Gasteiger partial charge in [0, 0.05) is 32.1 Å². The molecule has 4 aliphatic rings. The second kappa shape index (κ2) is 13.7. The van der Waals surface area contributed by atoms with Gasteiger partial charge in [-0.05, 0) is 67.4 Å². The minimum atomic E-state index is -0.230. The zero-order valence-electron chi connectivity index (χ0n) is 23.7. The summed E-state index contributed by atoms with van der Waals surface area (Å²) in [6, 6.07) is 24.2. The Hall–Kier alpha value is -4.04. The molecule has 2 aromatic carbocycles. The van der Waals surface area contributed by atoms with Crippen LogP contribution >= 0.6 is 0 Å². The van der Waals surface area contributed by atoms with Gasteiger partial charge in [0.1, 0.15) is 13.2 Å². The molecule has 2 saturated heterocycles. The molecule has 0 bridgehead atoms. The van der Waals surface area contributed by atoms with Crippen LogP contribution in [-0.2, 0) is 22.7 Å². The van der Waals surface area contributed by atoms with Crippen molar-refractivity contribution in [3.8, 4) is 12.1 Å². The fourth-order valence-corrected chi connectivity index (χ4v) is 7.06. The SMILES string of the molecule is C.CC1(C#N)C[C@H]2CN(C(=O)OCc3ccccc3)C[C@H]2C1.N#CC1C[C@@H]2CN(C(=O)OCc3ccccc3)C[C@@H]2C1. The number of ether oxygens (including phenoxy) is 2. The summed E-state index contributed by atoms with van der Waals surface area (Å²) in [7, 11) is 0. The van der Waals surface area contributed by atoms with Crippen molar-refractivity contribution in [3.63, 3.8) is 0 Å². The zero-order valence-corrected chi connectivity index (χ0v) is 23.7. The van der Waals surface area contributed by atoms with Gasteiger partial charge in [0.15, 0.2) is 0 Å². The second-order valence-corrected chi connectivity index (χ2v) is 12.3. The molecule has 8 heteroatoms. The number of nitrogens with zero attached hydrogens (tertiary/aromatic N) is 4. The molecule has 2 saturated carbocycles. The maximum absolute atomic E-state index is 12.1. The lowest BCUT2D eigenvalue weighted by Crippen LogP contribution is -2.31. The third-order valence-corrected chi connectivity index (χ3v) is 9.13. The quantitative estimate of drug-likeness (QED) is 0.408. The van der Waals surface area contributed by atoms with E-state index in [1.165, 1.54) is 0 Å². The summed E-state index contributed by atoms with van der Waals surface area (Å²) < 4.78 is 10.7. The normalized spacial score (nSPS) is 28.7. The average molecular weight is 571 g/mol. The van der Waals surface area contributed by atoms with Crippen LogP contribution in [-0.4, -0.2) is 48.2 Å².